The Hall–Kier alpha value is -3.04. The second-order valence-electron chi connectivity index (χ2n) is 5.21. The second-order valence-corrected chi connectivity index (χ2v) is 6.74. The first-order valence-electron chi connectivity index (χ1n) is 7.05. The average molecular weight is 360 g/mol. The van der Waals surface area contributed by atoms with E-state index in [1.54, 1.807) is 6.07 Å². The molecule has 7 nitrogen and oxygen atoms in total. The SMILES string of the molecule is NC(=O)c1cc(-c2ccc(F)cc2)n(-c2ccccc2S(N)(=O)=O)n1. The number of sulfonamides is 1. The van der Waals surface area contributed by atoms with E-state index in [1.807, 2.05) is 0 Å². The number of carbonyl (C=O) groups is 1. The Morgan fingerprint density at radius 3 is 2.32 bits per heavy atom. The van der Waals surface area contributed by atoms with E-state index in [4.69, 9.17) is 10.9 Å². The smallest absolute Gasteiger partial charge is 0.269 e. The van der Waals surface area contributed by atoms with E-state index in [9.17, 15) is 17.6 Å². The fraction of sp³-hybridized carbons (Fsp3) is 0. The third-order valence-electron chi connectivity index (χ3n) is 3.50. The van der Waals surface area contributed by atoms with Crippen LogP contribution in [0, 0.1) is 5.82 Å². The zero-order valence-corrected chi connectivity index (χ0v) is 13.6. The number of nitrogens with two attached hydrogens (primary N) is 2. The van der Waals surface area contributed by atoms with Gasteiger partial charge in [0.2, 0.25) is 10.0 Å². The number of primary amides is 1. The molecule has 3 aromatic rings. The van der Waals surface area contributed by atoms with Crippen LogP contribution in [0.25, 0.3) is 16.9 Å². The summed E-state index contributed by atoms with van der Waals surface area (Å²) in [5.74, 6) is -1.22. The zero-order valence-electron chi connectivity index (χ0n) is 12.8. The van der Waals surface area contributed by atoms with Gasteiger partial charge in [0.15, 0.2) is 5.69 Å². The number of carbonyl (C=O) groups excluding carboxylic acids is 1. The number of aromatic nitrogens is 2. The Morgan fingerprint density at radius 1 is 1.08 bits per heavy atom. The van der Waals surface area contributed by atoms with Crippen LogP contribution in [0.1, 0.15) is 10.5 Å². The number of benzene rings is 2. The van der Waals surface area contributed by atoms with Crippen LogP contribution in [0.2, 0.25) is 0 Å². The lowest BCUT2D eigenvalue weighted by atomic mass is 10.1. The highest BCUT2D eigenvalue weighted by Gasteiger charge is 2.20. The van der Waals surface area contributed by atoms with Crippen LogP contribution in [-0.2, 0) is 10.0 Å². The molecule has 0 aliphatic carbocycles. The van der Waals surface area contributed by atoms with E-state index in [0.717, 1.165) is 0 Å². The Balaban J connectivity index is 2.30. The largest absolute Gasteiger partial charge is 0.364 e. The number of amides is 1. The van der Waals surface area contributed by atoms with Gasteiger partial charge in [-0.2, -0.15) is 5.10 Å². The maximum absolute atomic E-state index is 13.2. The summed E-state index contributed by atoms with van der Waals surface area (Å²) in [6.45, 7) is 0. The zero-order chi connectivity index (χ0) is 18.2. The molecule has 128 valence electrons. The van der Waals surface area contributed by atoms with E-state index in [2.05, 4.69) is 5.10 Å². The Kier molecular flexibility index (Phi) is 4.11. The van der Waals surface area contributed by atoms with E-state index < -0.39 is 21.7 Å². The minimum absolute atomic E-state index is 0.0662. The van der Waals surface area contributed by atoms with Crippen molar-refractivity contribution in [1.82, 2.24) is 9.78 Å². The third kappa shape index (κ3) is 3.28. The summed E-state index contributed by atoms with van der Waals surface area (Å²) in [5.41, 5.74) is 6.25. The van der Waals surface area contributed by atoms with Gasteiger partial charge >= 0.3 is 0 Å². The van der Waals surface area contributed by atoms with Crippen LogP contribution >= 0.6 is 0 Å². The molecule has 0 spiro atoms. The van der Waals surface area contributed by atoms with Crippen LogP contribution in [-0.4, -0.2) is 24.1 Å². The van der Waals surface area contributed by atoms with Gasteiger partial charge in [-0.3, -0.25) is 4.79 Å². The molecule has 1 amide bonds. The van der Waals surface area contributed by atoms with Gasteiger partial charge in [-0.05, 0) is 42.5 Å². The molecule has 3 rings (SSSR count). The van der Waals surface area contributed by atoms with Crippen molar-refractivity contribution in [2.24, 2.45) is 10.9 Å². The van der Waals surface area contributed by atoms with E-state index in [-0.39, 0.29) is 16.3 Å². The van der Waals surface area contributed by atoms with E-state index in [1.165, 1.54) is 53.2 Å². The van der Waals surface area contributed by atoms with Gasteiger partial charge in [0, 0.05) is 5.56 Å². The predicted molar refractivity (Wildman–Crippen MR) is 88.8 cm³/mol. The molecule has 0 radical (unpaired) electrons. The van der Waals surface area contributed by atoms with Crippen molar-refractivity contribution < 1.29 is 17.6 Å². The van der Waals surface area contributed by atoms with Crippen LogP contribution in [0.4, 0.5) is 4.39 Å². The van der Waals surface area contributed by atoms with Crippen molar-refractivity contribution in [3.63, 3.8) is 0 Å². The number of rotatable bonds is 4. The highest BCUT2D eigenvalue weighted by atomic mass is 32.2. The molecular weight excluding hydrogens is 347 g/mol. The van der Waals surface area contributed by atoms with E-state index in [0.29, 0.717) is 11.3 Å². The summed E-state index contributed by atoms with van der Waals surface area (Å²) in [6, 6.07) is 12.8. The number of halogens is 1. The van der Waals surface area contributed by atoms with Crippen LogP contribution < -0.4 is 10.9 Å². The summed E-state index contributed by atoms with van der Waals surface area (Å²) in [6.07, 6.45) is 0. The predicted octanol–water partition coefficient (Wildman–Crippen LogP) is 1.42. The molecule has 0 atom stereocenters. The molecule has 0 aliphatic rings. The monoisotopic (exact) mass is 360 g/mol. The first kappa shape index (κ1) is 16.8. The molecule has 0 saturated carbocycles. The molecule has 1 aromatic heterocycles. The van der Waals surface area contributed by atoms with Crippen molar-refractivity contribution in [2.75, 3.05) is 0 Å². The highest BCUT2D eigenvalue weighted by molar-refractivity contribution is 7.89. The summed E-state index contributed by atoms with van der Waals surface area (Å²) in [7, 11) is -4.04. The Labute approximate surface area is 142 Å². The van der Waals surface area contributed by atoms with Crippen molar-refractivity contribution in [2.45, 2.75) is 4.90 Å². The van der Waals surface area contributed by atoms with Gasteiger partial charge in [0.25, 0.3) is 5.91 Å². The molecule has 0 saturated heterocycles. The molecular formula is C16H13FN4O3S. The molecule has 0 fully saturated rings. The van der Waals surface area contributed by atoms with Gasteiger partial charge in [-0.15, -0.1) is 0 Å². The first-order chi connectivity index (χ1) is 11.8. The minimum atomic E-state index is -4.04. The lowest BCUT2D eigenvalue weighted by Gasteiger charge is -2.11. The lowest BCUT2D eigenvalue weighted by Crippen LogP contribution is -2.17. The first-order valence-corrected chi connectivity index (χ1v) is 8.60. The van der Waals surface area contributed by atoms with Crippen molar-refractivity contribution in [1.29, 1.82) is 0 Å². The average Bonchev–Trinajstić information content (AvgIpc) is 3.00. The maximum Gasteiger partial charge on any atom is 0.269 e. The quantitative estimate of drug-likeness (QED) is 0.731. The summed E-state index contributed by atoms with van der Waals surface area (Å²) >= 11 is 0. The molecule has 9 heteroatoms. The van der Waals surface area contributed by atoms with Crippen molar-refractivity contribution >= 4 is 15.9 Å². The lowest BCUT2D eigenvalue weighted by molar-refractivity contribution is 0.0995. The summed E-state index contributed by atoms with van der Waals surface area (Å²) in [5, 5.41) is 9.34. The topological polar surface area (TPSA) is 121 Å². The fourth-order valence-corrected chi connectivity index (χ4v) is 3.10. The highest BCUT2D eigenvalue weighted by Crippen LogP contribution is 2.27. The summed E-state index contributed by atoms with van der Waals surface area (Å²) < 4.78 is 38.1. The van der Waals surface area contributed by atoms with Gasteiger partial charge < -0.3 is 5.73 Å². The van der Waals surface area contributed by atoms with Crippen LogP contribution in [0.15, 0.2) is 59.5 Å². The molecule has 0 unspecified atom stereocenters. The van der Waals surface area contributed by atoms with Gasteiger partial charge in [-0.1, -0.05) is 12.1 Å². The van der Waals surface area contributed by atoms with Gasteiger partial charge in [0.1, 0.15) is 10.7 Å². The Morgan fingerprint density at radius 2 is 1.72 bits per heavy atom. The molecule has 0 aliphatic heterocycles. The Bertz CT molecular complexity index is 1060. The maximum atomic E-state index is 13.2. The van der Waals surface area contributed by atoms with Gasteiger partial charge in [0.05, 0.1) is 11.4 Å². The fourth-order valence-electron chi connectivity index (χ4n) is 2.38. The normalized spacial score (nSPS) is 11.4. The minimum Gasteiger partial charge on any atom is -0.364 e. The molecule has 1 heterocycles. The van der Waals surface area contributed by atoms with Crippen molar-refractivity contribution in [3.8, 4) is 16.9 Å². The third-order valence-corrected chi connectivity index (χ3v) is 4.46. The van der Waals surface area contributed by atoms with Crippen LogP contribution in [0.3, 0.4) is 0 Å². The number of primary sulfonamides is 1. The number of hydrogen-bond acceptors (Lipinski definition) is 4. The molecule has 0 bridgehead atoms. The number of hydrogen-bond donors (Lipinski definition) is 2. The number of para-hydroxylation sites is 1. The number of nitrogens with zero attached hydrogens (tertiary/aromatic N) is 2. The second kappa shape index (κ2) is 6.11. The summed E-state index contributed by atoms with van der Waals surface area (Å²) in [4.78, 5) is 11.3. The molecule has 4 N–H and O–H groups in total. The standard InChI is InChI=1S/C16H13FN4O3S/c17-11-7-5-10(6-8-11)14-9-12(16(18)22)20-21(14)13-3-1-2-4-15(13)25(19,23)24/h1-9H,(H2,18,22)(H2,19,23,24). The van der Waals surface area contributed by atoms with E-state index >= 15 is 0 Å². The molecule has 25 heavy (non-hydrogen) atoms. The van der Waals surface area contributed by atoms with Gasteiger partial charge in [-0.25, -0.2) is 22.6 Å². The van der Waals surface area contributed by atoms with Crippen molar-refractivity contribution in [3.05, 3.63) is 66.1 Å². The molecule has 2 aromatic carbocycles. The van der Waals surface area contributed by atoms with Crippen LogP contribution in [0.5, 0.6) is 0 Å².